The molecular formula is C45H28N2OS2. The summed E-state index contributed by atoms with van der Waals surface area (Å²) in [5, 5.41) is 3.31. The van der Waals surface area contributed by atoms with Crippen LogP contribution in [0, 0.1) is 0 Å². The molecule has 0 amide bonds. The van der Waals surface area contributed by atoms with Crippen LogP contribution in [0.2, 0.25) is 0 Å². The molecular weight excluding hydrogens is 649 g/mol. The highest BCUT2D eigenvalue weighted by Crippen LogP contribution is 2.45. The number of fused-ring (bicyclic) bond motifs is 5. The molecule has 0 fully saturated rings. The predicted molar refractivity (Wildman–Crippen MR) is 212 cm³/mol. The lowest BCUT2D eigenvalue weighted by Crippen LogP contribution is -2.11. The number of thiazole rings is 1. The first-order valence-corrected chi connectivity index (χ1v) is 18.2. The van der Waals surface area contributed by atoms with Crippen LogP contribution in [0.1, 0.15) is 0 Å². The molecule has 2 aromatic heterocycles. The van der Waals surface area contributed by atoms with Crippen LogP contribution in [0.3, 0.4) is 0 Å². The fourth-order valence-electron chi connectivity index (χ4n) is 6.87. The van der Waals surface area contributed by atoms with Gasteiger partial charge in [-0.2, -0.15) is 0 Å². The van der Waals surface area contributed by atoms with Gasteiger partial charge in [0.1, 0.15) is 16.2 Å². The summed E-state index contributed by atoms with van der Waals surface area (Å²) in [4.78, 5) is 9.80. The highest BCUT2D eigenvalue weighted by molar-refractivity contribution is 7.21. The average Bonchev–Trinajstić information content (AvgIpc) is 3.92. The molecule has 50 heavy (non-hydrogen) atoms. The first-order valence-electron chi connectivity index (χ1n) is 16.6. The standard InChI is InChI=1S/C45H28N2OS2/c1-4-12-39(37(10-1)43-27-21-30-8-7-15-42(30)49-43)47(34-24-18-31(19-25-34)45-46-38-11-3-6-14-44(38)50-45)33-22-16-29(17-23-33)32-20-26-36-35-9-2-5-13-40(35)48-41(36)28-32/h1-28H. The van der Waals surface area contributed by atoms with E-state index in [0.717, 1.165) is 66.2 Å². The lowest BCUT2D eigenvalue weighted by molar-refractivity contribution is 0.669. The molecule has 5 heteroatoms. The minimum atomic E-state index is 0.902. The topological polar surface area (TPSA) is 29.3 Å². The Hall–Kier alpha value is -6.01. The second-order valence-corrected chi connectivity index (χ2v) is 14.5. The van der Waals surface area contributed by atoms with Crippen LogP contribution < -0.4 is 4.90 Å². The van der Waals surface area contributed by atoms with Gasteiger partial charge in [0.05, 0.1) is 15.9 Å². The van der Waals surface area contributed by atoms with Gasteiger partial charge in [-0.15, -0.1) is 22.7 Å². The van der Waals surface area contributed by atoms with Crippen molar-refractivity contribution in [2.75, 3.05) is 4.90 Å². The van der Waals surface area contributed by atoms with Crippen LogP contribution >= 0.6 is 22.7 Å². The third-order valence-corrected chi connectivity index (χ3v) is 11.6. The van der Waals surface area contributed by atoms with Crippen molar-refractivity contribution in [2.45, 2.75) is 0 Å². The Morgan fingerprint density at radius 3 is 2.02 bits per heavy atom. The van der Waals surface area contributed by atoms with Gasteiger partial charge in [0.2, 0.25) is 0 Å². The Labute approximate surface area is 297 Å². The van der Waals surface area contributed by atoms with Gasteiger partial charge in [0, 0.05) is 43.0 Å². The molecule has 0 spiro atoms. The number of rotatable bonds is 6. The van der Waals surface area contributed by atoms with Crippen LogP contribution in [0.25, 0.3) is 74.7 Å². The third-order valence-electron chi connectivity index (χ3n) is 9.36. The third kappa shape index (κ3) is 4.98. The van der Waals surface area contributed by atoms with Gasteiger partial charge in [-0.25, -0.2) is 4.98 Å². The van der Waals surface area contributed by atoms with E-state index in [0.29, 0.717) is 0 Å². The van der Waals surface area contributed by atoms with Gasteiger partial charge in [-0.1, -0.05) is 84.9 Å². The molecule has 0 bridgehead atoms. The zero-order chi connectivity index (χ0) is 33.0. The molecule has 2 aliphatic rings. The molecule has 10 rings (SSSR count). The van der Waals surface area contributed by atoms with Crippen molar-refractivity contribution in [3.05, 3.63) is 170 Å². The highest BCUT2D eigenvalue weighted by Gasteiger charge is 2.19. The SMILES string of the molecule is c1cc2ccc(-c3ccccc3N(c3ccc(-c4ccc5c(c4)oc4ccccc45)cc3)c3ccc(-c4nc5ccccc5s4)cc3)sc-2c1. The van der Waals surface area contributed by atoms with Gasteiger partial charge in [-0.3, -0.25) is 0 Å². The van der Waals surface area contributed by atoms with E-state index in [1.165, 1.54) is 25.6 Å². The van der Waals surface area contributed by atoms with Crippen LogP contribution in [0.4, 0.5) is 17.1 Å². The van der Waals surface area contributed by atoms with Crippen molar-refractivity contribution >= 4 is 71.9 Å². The summed E-state index contributed by atoms with van der Waals surface area (Å²) >= 11 is 3.56. The normalized spacial score (nSPS) is 11.6. The summed E-state index contributed by atoms with van der Waals surface area (Å²) < 4.78 is 7.42. The lowest BCUT2D eigenvalue weighted by atomic mass is 10.0. The summed E-state index contributed by atoms with van der Waals surface area (Å²) in [7, 11) is 0. The predicted octanol–water partition coefficient (Wildman–Crippen LogP) is 13.8. The number of anilines is 3. The van der Waals surface area contributed by atoms with Gasteiger partial charge in [-0.05, 0) is 102 Å². The van der Waals surface area contributed by atoms with Crippen molar-refractivity contribution < 1.29 is 4.42 Å². The quantitative estimate of drug-likeness (QED) is 0.176. The Balaban J connectivity index is 1.08. The summed E-state index contributed by atoms with van der Waals surface area (Å²) in [6.07, 6.45) is 0. The molecule has 236 valence electrons. The maximum Gasteiger partial charge on any atom is 0.136 e. The van der Waals surface area contributed by atoms with E-state index in [4.69, 9.17) is 9.40 Å². The first kappa shape index (κ1) is 29.0. The molecule has 0 saturated heterocycles. The lowest BCUT2D eigenvalue weighted by Gasteiger charge is -2.28. The smallest absolute Gasteiger partial charge is 0.136 e. The minimum Gasteiger partial charge on any atom is -0.456 e. The number of benzene rings is 6. The van der Waals surface area contributed by atoms with Gasteiger partial charge in [0.25, 0.3) is 0 Å². The monoisotopic (exact) mass is 676 g/mol. The van der Waals surface area contributed by atoms with Crippen molar-refractivity contribution in [3.8, 4) is 42.6 Å². The Kier molecular flexibility index (Phi) is 6.86. The number of nitrogens with zero attached hydrogens (tertiary/aromatic N) is 2. The summed E-state index contributed by atoms with van der Waals surface area (Å²) in [5.41, 5.74) is 12.0. The molecule has 0 saturated carbocycles. The summed E-state index contributed by atoms with van der Waals surface area (Å²) in [6.45, 7) is 0. The zero-order valence-corrected chi connectivity index (χ0v) is 28.4. The van der Waals surface area contributed by atoms with E-state index in [1.54, 1.807) is 11.3 Å². The zero-order valence-electron chi connectivity index (χ0n) is 26.8. The number of furan rings is 1. The van der Waals surface area contributed by atoms with Gasteiger partial charge < -0.3 is 9.32 Å². The molecule has 1 aliphatic heterocycles. The van der Waals surface area contributed by atoms with Crippen LogP contribution in [-0.2, 0) is 0 Å². The van der Waals surface area contributed by atoms with E-state index in [1.807, 2.05) is 29.5 Å². The van der Waals surface area contributed by atoms with Gasteiger partial charge >= 0.3 is 0 Å². The fraction of sp³-hybridized carbons (Fsp3) is 0. The van der Waals surface area contributed by atoms with Crippen molar-refractivity contribution in [2.24, 2.45) is 0 Å². The Morgan fingerprint density at radius 1 is 0.460 bits per heavy atom. The largest absolute Gasteiger partial charge is 0.456 e. The molecule has 0 unspecified atom stereocenters. The summed E-state index contributed by atoms with van der Waals surface area (Å²) in [6, 6.07) is 60.4. The van der Waals surface area contributed by atoms with Crippen LogP contribution in [-0.4, -0.2) is 4.98 Å². The molecule has 0 N–H and O–H groups in total. The molecule has 6 aromatic carbocycles. The van der Waals surface area contributed by atoms with Crippen molar-refractivity contribution in [1.82, 2.24) is 4.98 Å². The van der Waals surface area contributed by atoms with Crippen molar-refractivity contribution in [3.63, 3.8) is 0 Å². The molecule has 0 atom stereocenters. The van der Waals surface area contributed by atoms with E-state index in [9.17, 15) is 0 Å². The Bertz CT molecular complexity index is 2740. The van der Waals surface area contributed by atoms with E-state index >= 15 is 0 Å². The fourth-order valence-corrected chi connectivity index (χ4v) is 8.90. The number of aromatic nitrogens is 1. The molecule has 3 nitrogen and oxygen atoms in total. The Morgan fingerprint density at radius 2 is 1.16 bits per heavy atom. The first-order chi connectivity index (χ1) is 24.7. The van der Waals surface area contributed by atoms with Gasteiger partial charge in [0.15, 0.2) is 0 Å². The van der Waals surface area contributed by atoms with Crippen LogP contribution in [0.5, 0.6) is 0 Å². The maximum absolute atomic E-state index is 6.22. The second kappa shape index (κ2) is 11.8. The molecule has 1 aliphatic carbocycles. The number of hydrogen-bond donors (Lipinski definition) is 0. The second-order valence-electron chi connectivity index (χ2n) is 12.4. The average molecular weight is 677 g/mol. The molecule has 0 radical (unpaired) electrons. The summed E-state index contributed by atoms with van der Waals surface area (Å²) in [5.74, 6) is 0. The van der Waals surface area contributed by atoms with E-state index in [-0.39, 0.29) is 0 Å². The van der Waals surface area contributed by atoms with E-state index in [2.05, 4.69) is 157 Å². The molecule has 3 heterocycles. The number of hydrogen-bond acceptors (Lipinski definition) is 5. The number of para-hydroxylation sites is 3. The minimum absolute atomic E-state index is 0.902. The van der Waals surface area contributed by atoms with Crippen LogP contribution in [0.15, 0.2) is 174 Å². The van der Waals surface area contributed by atoms with Crippen molar-refractivity contribution in [1.29, 1.82) is 0 Å². The highest BCUT2D eigenvalue weighted by atomic mass is 32.1. The maximum atomic E-state index is 6.22. The molecule has 8 aromatic rings. The van der Waals surface area contributed by atoms with E-state index < -0.39 is 0 Å².